The molecular formula is C25H31NO5. The lowest BCUT2D eigenvalue weighted by atomic mass is 10.0. The molecule has 6 nitrogen and oxygen atoms in total. The highest BCUT2D eigenvalue weighted by Crippen LogP contribution is 2.37. The zero-order chi connectivity index (χ0) is 22.2. The third-order valence-electron chi connectivity index (χ3n) is 6.01. The van der Waals surface area contributed by atoms with Crippen LogP contribution in [0.25, 0.3) is 0 Å². The first-order chi connectivity index (χ1) is 15.0. The Kier molecular flexibility index (Phi) is 8.06. The Balaban J connectivity index is 1.72. The summed E-state index contributed by atoms with van der Waals surface area (Å²) in [7, 11) is 2.81. The number of unbranched alkanes of at least 4 members (excludes halogenated alkanes) is 1. The summed E-state index contributed by atoms with van der Waals surface area (Å²) in [6, 6.07) is 13.5. The van der Waals surface area contributed by atoms with Gasteiger partial charge in [0.15, 0.2) is 0 Å². The molecule has 1 aliphatic rings. The molecule has 0 saturated carbocycles. The third kappa shape index (κ3) is 5.85. The van der Waals surface area contributed by atoms with Crippen molar-refractivity contribution < 1.29 is 24.2 Å². The maximum Gasteiger partial charge on any atom is 0.337 e. The molecule has 0 radical (unpaired) electrons. The molecule has 1 aliphatic carbocycles. The number of hydrogen-bond donors (Lipinski definition) is 1. The van der Waals surface area contributed by atoms with E-state index in [4.69, 9.17) is 9.47 Å². The quantitative estimate of drug-likeness (QED) is 0.457. The lowest BCUT2D eigenvalue weighted by Crippen LogP contribution is -2.31. The minimum Gasteiger partial charge on any atom is -0.508 e. The second-order valence-electron chi connectivity index (χ2n) is 7.91. The highest BCUT2D eigenvalue weighted by atomic mass is 16.5. The Hall–Kier alpha value is -2.86. The summed E-state index contributed by atoms with van der Waals surface area (Å²) >= 11 is 0. The van der Waals surface area contributed by atoms with Crippen molar-refractivity contribution in [2.24, 2.45) is 0 Å². The van der Waals surface area contributed by atoms with Gasteiger partial charge in [0.25, 0.3) is 0 Å². The molecule has 31 heavy (non-hydrogen) atoms. The number of phenols is 1. The van der Waals surface area contributed by atoms with Gasteiger partial charge in [-0.3, -0.25) is 9.69 Å². The van der Waals surface area contributed by atoms with Crippen molar-refractivity contribution in [1.82, 2.24) is 4.90 Å². The number of benzene rings is 2. The normalized spacial score (nSPS) is 15.0. The van der Waals surface area contributed by atoms with E-state index in [-0.39, 0.29) is 18.0 Å². The van der Waals surface area contributed by atoms with Crippen LogP contribution in [0.4, 0.5) is 0 Å². The SMILES string of the molecule is COC(=O)CCCCN(CCc1ccccc1O)C1CCc2cc(C(=O)OC)ccc21. The van der Waals surface area contributed by atoms with Crippen molar-refractivity contribution in [2.45, 2.75) is 44.6 Å². The topological polar surface area (TPSA) is 76.1 Å². The zero-order valence-electron chi connectivity index (χ0n) is 18.3. The van der Waals surface area contributed by atoms with Gasteiger partial charge in [-0.25, -0.2) is 4.79 Å². The highest BCUT2D eigenvalue weighted by molar-refractivity contribution is 5.89. The van der Waals surface area contributed by atoms with Gasteiger partial charge in [-0.15, -0.1) is 0 Å². The molecule has 0 heterocycles. The van der Waals surface area contributed by atoms with E-state index in [1.807, 2.05) is 36.4 Å². The van der Waals surface area contributed by atoms with E-state index in [1.165, 1.54) is 25.3 Å². The number of hydrogen-bond acceptors (Lipinski definition) is 6. The number of aromatic hydroxyl groups is 1. The molecule has 6 heteroatoms. The molecule has 0 saturated heterocycles. The number of ether oxygens (including phenoxy) is 2. The zero-order valence-corrected chi connectivity index (χ0v) is 18.3. The van der Waals surface area contributed by atoms with Crippen molar-refractivity contribution in [3.05, 3.63) is 64.7 Å². The van der Waals surface area contributed by atoms with E-state index in [0.717, 1.165) is 50.8 Å². The van der Waals surface area contributed by atoms with Gasteiger partial charge < -0.3 is 14.6 Å². The van der Waals surface area contributed by atoms with E-state index >= 15 is 0 Å². The van der Waals surface area contributed by atoms with Crippen LogP contribution in [0.5, 0.6) is 5.75 Å². The molecule has 0 bridgehead atoms. The highest BCUT2D eigenvalue weighted by Gasteiger charge is 2.28. The number of aryl methyl sites for hydroxylation is 1. The molecule has 0 spiro atoms. The number of rotatable bonds is 10. The molecular weight excluding hydrogens is 394 g/mol. The molecule has 0 amide bonds. The molecule has 2 aromatic rings. The fraction of sp³-hybridized carbons (Fsp3) is 0.440. The Morgan fingerprint density at radius 1 is 1.06 bits per heavy atom. The average molecular weight is 426 g/mol. The molecule has 0 aliphatic heterocycles. The smallest absolute Gasteiger partial charge is 0.337 e. The lowest BCUT2D eigenvalue weighted by molar-refractivity contribution is -0.140. The number of nitrogens with zero attached hydrogens (tertiary/aromatic N) is 1. The van der Waals surface area contributed by atoms with Gasteiger partial charge in [-0.05, 0) is 73.5 Å². The summed E-state index contributed by atoms with van der Waals surface area (Å²) in [6.07, 6.45) is 4.74. The van der Waals surface area contributed by atoms with Crippen molar-refractivity contribution in [3.8, 4) is 5.75 Å². The van der Waals surface area contributed by atoms with Gasteiger partial charge in [0.2, 0.25) is 0 Å². The van der Waals surface area contributed by atoms with Gasteiger partial charge in [0, 0.05) is 19.0 Å². The van der Waals surface area contributed by atoms with Crippen LogP contribution >= 0.6 is 0 Å². The molecule has 166 valence electrons. The van der Waals surface area contributed by atoms with Gasteiger partial charge in [0.05, 0.1) is 19.8 Å². The second-order valence-corrected chi connectivity index (χ2v) is 7.91. The van der Waals surface area contributed by atoms with E-state index in [2.05, 4.69) is 4.90 Å². The molecule has 3 rings (SSSR count). The van der Waals surface area contributed by atoms with Gasteiger partial charge in [-0.2, -0.15) is 0 Å². The van der Waals surface area contributed by atoms with Crippen LogP contribution in [0.1, 0.15) is 58.8 Å². The largest absolute Gasteiger partial charge is 0.508 e. The van der Waals surface area contributed by atoms with Gasteiger partial charge >= 0.3 is 11.9 Å². The summed E-state index contributed by atoms with van der Waals surface area (Å²) in [5, 5.41) is 10.1. The van der Waals surface area contributed by atoms with E-state index in [0.29, 0.717) is 17.7 Å². The van der Waals surface area contributed by atoms with Crippen molar-refractivity contribution in [3.63, 3.8) is 0 Å². The van der Waals surface area contributed by atoms with Crippen LogP contribution in [-0.4, -0.2) is 49.3 Å². The summed E-state index contributed by atoms with van der Waals surface area (Å²) in [4.78, 5) is 25.8. The Morgan fingerprint density at radius 3 is 2.61 bits per heavy atom. The number of phenolic OH excluding ortho intramolecular Hbond substituents is 1. The first-order valence-corrected chi connectivity index (χ1v) is 10.8. The first-order valence-electron chi connectivity index (χ1n) is 10.8. The number of carbonyl (C=O) groups excluding carboxylic acids is 2. The molecule has 0 fully saturated rings. The summed E-state index contributed by atoms with van der Waals surface area (Å²) < 4.78 is 9.60. The maximum atomic E-state index is 11.9. The molecule has 1 unspecified atom stereocenters. The van der Waals surface area contributed by atoms with Crippen LogP contribution < -0.4 is 0 Å². The fourth-order valence-electron chi connectivity index (χ4n) is 4.32. The lowest BCUT2D eigenvalue weighted by Gasteiger charge is -2.30. The van der Waals surface area contributed by atoms with Crippen LogP contribution in [0.3, 0.4) is 0 Å². The van der Waals surface area contributed by atoms with Crippen LogP contribution in [0.2, 0.25) is 0 Å². The van der Waals surface area contributed by atoms with Crippen molar-refractivity contribution in [2.75, 3.05) is 27.3 Å². The first kappa shape index (κ1) is 22.8. The number of esters is 2. The summed E-state index contributed by atoms with van der Waals surface area (Å²) in [6.45, 7) is 1.66. The monoisotopic (exact) mass is 425 g/mol. The van der Waals surface area contributed by atoms with Crippen LogP contribution in [-0.2, 0) is 27.1 Å². The number of para-hydroxylation sites is 1. The van der Waals surface area contributed by atoms with E-state index in [9.17, 15) is 14.7 Å². The summed E-state index contributed by atoms with van der Waals surface area (Å²) in [5.74, 6) is -0.171. The Bertz CT molecular complexity index is 911. The number of methoxy groups -OCH3 is 2. The Morgan fingerprint density at radius 2 is 1.87 bits per heavy atom. The standard InChI is InChI=1S/C25H31NO5/c1-30-24(28)9-5-6-15-26(16-14-18-7-3-4-8-23(18)27)22-13-11-19-17-20(25(29)31-2)10-12-21(19)22/h3-4,7-8,10,12,17,22,27H,5-6,9,11,13-16H2,1-2H3. The number of carbonyl (C=O) groups is 2. The van der Waals surface area contributed by atoms with Crippen LogP contribution in [0, 0.1) is 0 Å². The van der Waals surface area contributed by atoms with E-state index in [1.54, 1.807) is 6.07 Å². The van der Waals surface area contributed by atoms with Gasteiger partial charge in [-0.1, -0.05) is 24.3 Å². The number of fused-ring (bicyclic) bond motifs is 1. The molecule has 1 atom stereocenters. The molecule has 2 aromatic carbocycles. The minimum absolute atomic E-state index is 0.178. The van der Waals surface area contributed by atoms with E-state index < -0.39 is 0 Å². The minimum atomic E-state index is -0.314. The van der Waals surface area contributed by atoms with Crippen molar-refractivity contribution >= 4 is 11.9 Å². The molecule has 1 N–H and O–H groups in total. The predicted octanol–water partition coefficient (Wildman–Crippen LogP) is 4.05. The average Bonchev–Trinajstić information content (AvgIpc) is 3.22. The molecule has 0 aromatic heterocycles. The van der Waals surface area contributed by atoms with Crippen molar-refractivity contribution in [1.29, 1.82) is 0 Å². The fourth-order valence-corrected chi connectivity index (χ4v) is 4.32. The Labute approximate surface area is 183 Å². The summed E-state index contributed by atoms with van der Waals surface area (Å²) in [5.41, 5.74) is 3.95. The van der Waals surface area contributed by atoms with Crippen LogP contribution in [0.15, 0.2) is 42.5 Å². The maximum absolute atomic E-state index is 11.9. The van der Waals surface area contributed by atoms with Gasteiger partial charge in [0.1, 0.15) is 5.75 Å². The second kappa shape index (κ2) is 11.0. The predicted molar refractivity (Wildman–Crippen MR) is 118 cm³/mol. The third-order valence-corrected chi connectivity index (χ3v) is 6.01.